The molecule has 0 saturated heterocycles. The van der Waals surface area contributed by atoms with Crippen LogP contribution in [0.25, 0.3) is 17.0 Å². The second kappa shape index (κ2) is 7.34. The van der Waals surface area contributed by atoms with Gasteiger partial charge in [-0.15, -0.1) is 0 Å². The number of hydrogen-bond donors (Lipinski definition) is 3. The fourth-order valence-electron chi connectivity index (χ4n) is 3.58. The van der Waals surface area contributed by atoms with Crippen LogP contribution in [0.2, 0.25) is 0 Å². The van der Waals surface area contributed by atoms with Gasteiger partial charge in [0.2, 0.25) is 0 Å². The summed E-state index contributed by atoms with van der Waals surface area (Å²) in [6.07, 6.45) is 3.84. The molecule has 0 spiro atoms. The lowest BCUT2D eigenvalue weighted by atomic mass is 10.0. The van der Waals surface area contributed by atoms with E-state index in [1.807, 2.05) is 24.3 Å². The third-order valence-electron chi connectivity index (χ3n) is 4.94. The summed E-state index contributed by atoms with van der Waals surface area (Å²) in [5, 5.41) is 9.46. The maximum atomic E-state index is 13.6. The number of fused-ring (bicyclic) bond motifs is 3. The van der Waals surface area contributed by atoms with Gasteiger partial charge in [0.1, 0.15) is 5.82 Å². The van der Waals surface area contributed by atoms with Crippen molar-refractivity contribution in [2.75, 3.05) is 6.54 Å². The van der Waals surface area contributed by atoms with Crippen molar-refractivity contribution in [3.05, 3.63) is 76.7 Å². The second-order valence-electron chi connectivity index (χ2n) is 6.78. The van der Waals surface area contributed by atoms with Crippen molar-refractivity contribution in [1.82, 2.24) is 15.4 Å². The Morgan fingerprint density at radius 1 is 1.26 bits per heavy atom. The van der Waals surface area contributed by atoms with Gasteiger partial charge >= 0.3 is 0 Å². The smallest absolute Gasteiger partial charge is 0.267 e. The number of aromatic nitrogens is 1. The molecule has 1 amide bonds. The van der Waals surface area contributed by atoms with Gasteiger partial charge < -0.3 is 4.98 Å². The highest BCUT2D eigenvalue weighted by Crippen LogP contribution is 2.29. The van der Waals surface area contributed by atoms with Crippen molar-refractivity contribution in [3.63, 3.8) is 0 Å². The highest BCUT2D eigenvalue weighted by molar-refractivity contribution is 5.90. The number of rotatable bonds is 4. The van der Waals surface area contributed by atoms with Crippen LogP contribution in [0.15, 0.2) is 48.5 Å². The largest absolute Gasteiger partial charge is 0.358 e. The first-order chi connectivity index (χ1) is 13.1. The van der Waals surface area contributed by atoms with Crippen LogP contribution in [0.3, 0.4) is 0 Å². The lowest BCUT2D eigenvalue weighted by molar-refractivity contribution is -0.124. The fraction of sp³-hybridized carbons (Fsp3) is 0.190. The van der Waals surface area contributed by atoms with Gasteiger partial charge in [-0.2, -0.15) is 0 Å². The quantitative estimate of drug-likeness (QED) is 0.377. The Hall–Kier alpha value is -2.96. The van der Waals surface area contributed by atoms with Crippen molar-refractivity contribution < 1.29 is 14.4 Å². The molecule has 1 aliphatic heterocycles. The maximum Gasteiger partial charge on any atom is 0.267 e. The molecular formula is C21H20FN3O2. The Morgan fingerprint density at radius 2 is 2.07 bits per heavy atom. The average Bonchev–Trinajstić information content (AvgIpc) is 3.04. The summed E-state index contributed by atoms with van der Waals surface area (Å²) in [5.41, 5.74) is 7.00. The molecule has 5 nitrogen and oxygen atoms in total. The van der Waals surface area contributed by atoms with Crippen molar-refractivity contribution in [3.8, 4) is 0 Å². The molecule has 3 aromatic rings. The zero-order valence-electron chi connectivity index (χ0n) is 14.7. The summed E-state index contributed by atoms with van der Waals surface area (Å²) in [4.78, 5) is 16.8. The molecule has 3 N–H and O–H groups in total. The average molecular weight is 365 g/mol. The fourth-order valence-corrected chi connectivity index (χ4v) is 3.58. The maximum absolute atomic E-state index is 13.6. The molecule has 2 heterocycles. The summed E-state index contributed by atoms with van der Waals surface area (Å²) in [7, 11) is 0. The predicted octanol–water partition coefficient (Wildman–Crippen LogP) is 3.38. The van der Waals surface area contributed by atoms with Crippen LogP contribution in [0, 0.1) is 5.82 Å². The standard InChI is InChI=1S/C21H20FN3O2/c22-16-6-7-19-17(11-16)18-13-25(10-9-20(18)23-19)12-15-3-1-14(2-4-15)5-8-21(26)24-27/h1-8,11,23,27H,9-10,12-13H2,(H,24,26). The monoisotopic (exact) mass is 365 g/mol. The molecule has 1 aromatic heterocycles. The molecule has 2 aromatic carbocycles. The molecule has 0 aliphatic carbocycles. The summed E-state index contributed by atoms with van der Waals surface area (Å²) >= 11 is 0. The van der Waals surface area contributed by atoms with Gasteiger partial charge in [-0.05, 0) is 41.0 Å². The molecule has 138 valence electrons. The number of hydroxylamine groups is 1. The van der Waals surface area contributed by atoms with E-state index in [0.29, 0.717) is 0 Å². The Bertz CT molecular complexity index is 1010. The van der Waals surface area contributed by atoms with Crippen LogP contribution < -0.4 is 5.48 Å². The number of amides is 1. The summed E-state index contributed by atoms with van der Waals surface area (Å²) in [6.45, 7) is 2.54. The second-order valence-corrected chi connectivity index (χ2v) is 6.78. The molecule has 0 atom stereocenters. The molecule has 1 aliphatic rings. The number of benzene rings is 2. The molecule has 0 unspecified atom stereocenters. The van der Waals surface area contributed by atoms with E-state index in [1.165, 1.54) is 29.0 Å². The molecular weight excluding hydrogens is 345 g/mol. The van der Waals surface area contributed by atoms with E-state index in [9.17, 15) is 9.18 Å². The van der Waals surface area contributed by atoms with E-state index in [4.69, 9.17) is 5.21 Å². The number of carbonyl (C=O) groups is 1. The Balaban J connectivity index is 1.47. The number of carbonyl (C=O) groups excluding carboxylic acids is 1. The van der Waals surface area contributed by atoms with Crippen LogP contribution in [0.5, 0.6) is 0 Å². The van der Waals surface area contributed by atoms with Crippen molar-refractivity contribution in [2.24, 2.45) is 0 Å². The summed E-state index contributed by atoms with van der Waals surface area (Å²) < 4.78 is 13.6. The van der Waals surface area contributed by atoms with Crippen LogP contribution in [-0.4, -0.2) is 27.5 Å². The molecule has 6 heteroatoms. The van der Waals surface area contributed by atoms with Gasteiger partial charge in [0.05, 0.1) is 0 Å². The van der Waals surface area contributed by atoms with Gasteiger partial charge in [-0.25, -0.2) is 9.87 Å². The highest BCUT2D eigenvalue weighted by atomic mass is 19.1. The topological polar surface area (TPSA) is 68.4 Å². The normalized spacial score (nSPS) is 14.6. The molecule has 4 rings (SSSR count). The van der Waals surface area contributed by atoms with E-state index >= 15 is 0 Å². The third kappa shape index (κ3) is 3.77. The predicted molar refractivity (Wildman–Crippen MR) is 101 cm³/mol. The van der Waals surface area contributed by atoms with E-state index in [1.54, 1.807) is 23.7 Å². The Kier molecular flexibility index (Phi) is 4.75. The number of nitrogens with zero attached hydrogens (tertiary/aromatic N) is 1. The minimum Gasteiger partial charge on any atom is -0.358 e. The van der Waals surface area contributed by atoms with E-state index in [-0.39, 0.29) is 5.82 Å². The van der Waals surface area contributed by atoms with Gasteiger partial charge in [-0.3, -0.25) is 14.9 Å². The minimum absolute atomic E-state index is 0.208. The summed E-state index contributed by atoms with van der Waals surface area (Å²) in [6, 6.07) is 12.8. The number of hydrogen-bond acceptors (Lipinski definition) is 3. The lowest BCUT2D eigenvalue weighted by Gasteiger charge is -2.27. The zero-order chi connectivity index (χ0) is 18.8. The molecule has 0 fully saturated rings. The first-order valence-electron chi connectivity index (χ1n) is 8.85. The van der Waals surface area contributed by atoms with E-state index < -0.39 is 5.91 Å². The van der Waals surface area contributed by atoms with Crippen molar-refractivity contribution in [1.29, 1.82) is 0 Å². The Morgan fingerprint density at radius 3 is 2.85 bits per heavy atom. The van der Waals surface area contributed by atoms with Crippen LogP contribution in [0.4, 0.5) is 4.39 Å². The Labute approximate surface area is 156 Å². The van der Waals surface area contributed by atoms with Gasteiger partial charge in [0, 0.05) is 48.7 Å². The first kappa shape index (κ1) is 17.5. The van der Waals surface area contributed by atoms with Gasteiger partial charge in [0.15, 0.2) is 0 Å². The molecule has 0 radical (unpaired) electrons. The van der Waals surface area contributed by atoms with E-state index in [0.717, 1.165) is 42.5 Å². The minimum atomic E-state index is -0.557. The van der Waals surface area contributed by atoms with Crippen LogP contribution in [-0.2, 0) is 24.3 Å². The van der Waals surface area contributed by atoms with Crippen molar-refractivity contribution >= 4 is 22.9 Å². The van der Waals surface area contributed by atoms with E-state index in [2.05, 4.69) is 9.88 Å². The van der Waals surface area contributed by atoms with Crippen LogP contribution >= 0.6 is 0 Å². The number of aromatic amines is 1. The van der Waals surface area contributed by atoms with Crippen molar-refractivity contribution in [2.45, 2.75) is 19.5 Å². The van der Waals surface area contributed by atoms with Crippen LogP contribution in [0.1, 0.15) is 22.4 Å². The number of halogens is 1. The third-order valence-corrected chi connectivity index (χ3v) is 4.94. The summed E-state index contributed by atoms with van der Waals surface area (Å²) in [5.74, 6) is -0.765. The van der Waals surface area contributed by atoms with Gasteiger partial charge in [0.25, 0.3) is 5.91 Å². The molecule has 0 saturated carbocycles. The van der Waals surface area contributed by atoms with Gasteiger partial charge in [-0.1, -0.05) is 24.3 Å². The first-order valence-corrected chi connectivity index (χ1v) is 8.85. The SMILES string of the molecule is O=C(C=Cc1ccc(CN2CCc3[nH]c4ccc(F)cc4c3C2)cc1)NO. The number of H-pyrrole nitrogens is 1. The zero-order valence-corrected chi connectivity index (χ0v) is 14.7. The lowest BCUT2D eigenvalue weighted by Crippen LogP contribution is -2.29. The molecule has 27 heavy (non-hydrogen) atoms. The highest BCUT2D eigenvalue weighted by Gasteiger charge is 2.21. The number of nitrogens with one attached hydrogen (secondary N) is 2. The molecule has 0 bridgehead atoms.